The van der Waals surface area contributed by atoms with Crippen LogP contribution in [0.5, 0.6) is 0 Å². The highest BCUT2D eigenvalue weighted by Crippen LogP contribution is 2.57. The molecule has 0 aromatic rings. The van der Waals surface area contributed by atoms with Gasteiger partial charge >= 0.3 is 0 Å². The Bertz CT molecular complexity index is 283. The lowest BCUT2D eigenvalue weighted by atomic mass is 9.68. The first-order valence-corrected chi connectivity index (χ1v) is 9.38. The Morgan fingerprint density at radius 2 is 1.15 bits per heavy atom. The average Bonchev–Trinajstić information content (AvgIpc) is 2.73. The topological polar surface area (TPSA) is 0 Å². The van der Waals surface area contributed by atoms with Gasteiger partial charge in [0.1, 0.15) is 6.17 Å². The normalized spacial score (nSPS) is 47.9. The van der Waals surface area contributed by atoms with Crippen molar-refractivity contribution in [3.05, 3.63) is 0 Å². The second kappa shape index (κ2) is 6.36. The highest BCUT2D eigenvalue weighted by molar-refractivity contribution is 5.02. The number of fused-ring (bicyclic) bond motifs is 3. The van der Waals surface area contributed by atoms with Crippen molar-refractivity contribution in [3.8, 4) is 0 Å². The standard InChI is InChI=1S/C19H33F/c1-3-5-13-7-9-15-16-10-8-14(6-4-2)12-18(16)19(20)17(15)11-13/h13-19H,3-12H2,1-2H3. The van der Waals surface area contributed by atoms with Crippen LogP contribution in [0.3, 0.4) is 0 Å². The van der Waals surface area contributed by atoms with Gasteiger partial charge in [0.15, 0.2) is 0 Å². The predicted octanol–water partition coefficient (Wildman–Crippen LogP) is 6.00. The van der Waals surface area contributed by atoms with E-state index < -0.39 is 6.17 Å². The Hall–Kier alpha value is -0.0700. The van der Waals surface area contributed by atoms with Crippen molar-refractivity contribution in [2.24, 2.45) is 35.5 Å². The third kappa shape index (κ3) is 2.66. The van der Waals surface area contributed by atoms with Crippen LogP contribution in [0.25, 0.3) is 0 Å². The monoisotopic (exact) mass is 280 g/mol. The molecular formula is C19H33F. The van der Waals surface area contributed by atoms with Crippen LogP contribution in [0.4, 0.5) is 4.39 Å². The zero-order chi connectivity index (χ0) is 14.1. The minimum Gasteiger partial charge on any atom is -0.247 e. The maximum atomic E-state index is 15.0. The van der Waals surface area contributed by atoms with Crippen LogP contribution >= 0.6 is 0 Å². The summed E-state index contributed by atoms with van der Waals surface area (Å²) in [5, 5.41) is 0. The maximum Gasteiger partial charge on any atom is 0.106 e. The predicted molar refractivity (Wildman–Crippen MR) is 83.4 cm³/mol. The second-order valence-electron chi connectivity index (χ2n) is 8.04. The number of alkyl halides is 1. The van der Waals surface area contributed by atoms with Crippen LogP contribution in [0.15, 0.2) is 0 Å². The molecule has 3 fully saturated rings. The Morgan fingerprint density at radius 3 is 1.55 bits per heavy atom. The highest BCUT2D eigenvalue weighted by atomic mass is 19.1. The molecule has 3 saturated carbocycles. The summed E-state index contributed by atoms with van der Waals surface area (Å²) in [6.07, 6.45) is 12.7. The summed E-state index contributed by atoms with van der Waals surface area (Å²) in [5.41, 5.74) is 0. The highest BCUT2D eigenvalue weighted by Gasteiger charge is 2.53. The summed E-state index contributed by atoms with van der Waals surface area (Å²) in [7, 11) is 0. The fourth-order valence-electron chi connectivity index (χ4n) is 6.09. The Morgan fingerprint density at radius 1 is 0.700 bits per heavy atom. The van der Waals surface area contributed by atoms with E-state index in [1.165, 1.54) is 64.2 Å². The molecule has 0 heterocycles. The third-order valence-corrected chi connectivity index (χ3v) is 6.89. The summed E-state index contributed by atoms with van der Waals surface area (Å²) in [6.45, 7) is 4.56. The Labute approximate surface area is 124 Å². The van der Waals surface area contributed by atoms with Crippen LogP contribution in [-0.4, -0.2) is 6.17 Å². The van der Waals surface area contributed by atoms with E-state index in [4.69, 9.17) is 0 Å². The van der Waals surface area contributed by atoms with E-state index in [1.807, 2.05) is 0 Å². The number of halogens is 1. The molecule has 0 bridgehead atoms. The lowest BCUT2D eigenvalue weighted by molar-refractivity contribution is 0.119. The van der Waals surface area contributed by atoms with Gasteiger partial charge < -0.3 is 0 Å². The minimum atomic E-state index is -0.454. The first-order chi connectivity index (χ1) is 9.74. The summed E-state index contributed by atoms with van der Waals surface area (Å²) in [4.78, 5) is 0. The zero-order valence-electron chi connectivity index (χ0n) is 13.5. The molecule has 0 aromatic heterocycles. The molecule has 0 spiro atoms. The summed E-state index contributed by atoms with van der Waals surface area (Å²) < 4.78 is 15.0. The number of hydrogen-bond donors (Lipinski definition) is 0. The van der Waals surface area contributed by atoms with Gasteiger partial charge in [-0.05, 0) is 61.2 Å². The van der Waals surface area contributed by atoms with Crippen molar-refractivity contribution in [1.82, 2.24) is 0 Å². The molecular weight excluding hydrogens is 247 g/mol. The van der Waals surface area contributed by atoms with E-state index >= 15 is 4.39 Å². The largest absolute Gasteiger partial charge is 0.247 e. The molecule has 3 rings (SSSR count). The summed E-state index contributed by atoms with van der Waals surface area (Å²) in [5.74, 6) is 4.07. The van der Waals surface area contributed by atoms with E-state index in [-0.39, 0.29) is 0 Å². The van der Waals surface area contributed by atoms with Crippen molar-refractivity contribution < 1.29 is 4.39 Å². The molecule has 3 aliphatic rings. The first kappa shape index (κ1) is 14.9. The third-order valence-electron chi connectivity index (χ3n) is 6.89. The van der Waals surface area contributed by atoms with Crippen molar-refractivity contribution in [2.75, 3.05) is 0 Å². The van der Waals surface area contributed by atoms with Crippen molar-refractivity contribution in [1.29, 1.82) is 0 Å². The van der Waals surface area contributed by atoms with Crippen LogP contribution in [0, 0.1) is 35.5 Å². The van der Waals surface area contributed by atoms with E-state index in [0.717, 1.165) is 23.7 Å². The van der Waals surface area contributed by atoms with Crippen molar-refractivity contribution in [3.63, 3.8) is 0 Å². The lowest BCUT2D eigenvalue weighted by Gasteiger charge is -2.37. The molecule has 0 radical (unpaired) electrons. The SMILES string of the molecule is CCCC1CCC2C(C1)C(F)C1CC(CCC)CCC12. The molecule has 116 valence electrons. The van der Waals surface area contributed by atoms with Gasteiger partial charge in [0.05, 0.1) is 0 Å². The summed E-state index contributed by atoms with van der Waals surface area (Å²) >= 11 is 0. The van der Waals surface area contributed by atoms with Gasteiger partial charge in [-0.25, -0.2) is 4.39 Å². The average molecular weight is 280 g/mol. The first-order valence-electron chi connectivity index (χ1n) is 9.38. The second-order valence-corrected chi connectivity index (χ2v) is 8.04. The van der Waals surface area contributed by atoms with E-state index in [9.17, 15) is 0 Å². The molecule has 0 aliphatic heterocycles. The molecule has 3 aliphatic carbocycles. The van der Waals surface area contributed by atoms with E-state index in [1.54, 1.807) is 0 Å². The van der Waals surface area contributed by atoms with Crippen LogP contribution in [-0.2, 0) is 0 Å². The van der Waals surface area contributed by atoms with Gasteiger partial charge in [0, 0.05) is 0 Å². The molecule has 0 nitrogen and oxygen atoms in total. The van der Waals surface area contributed by atoms with Gasteiger partial charge in [-0.15, -0.1) is 0 Å². The Kier molecular flexibility index (Phi) is 4.72. The lowest BCUT2D eigenvalue weighted by Crippen LogP contribution is -2.28. The van der Waals surface area contributed by atoms with Crippen molar-refractivity contribution in [2.45, 2.75) is 84.2 Å². The summed E-state index contributed by atoms with van der Waals surface area (Å²) in [6, 6.07) is 0. The van der Waals surface area contributed by atoms with Gasteiger partial charge in [-0.3, -0.25) is 0 Å². The van der Waals surface area contributed by atoms with E-state index in [2.05, 4.69) is 13.8 Å². The van der Waals surface area contributed by atoms with Gasteiger partial charge in [0.2, 0.25) is 0 Å². The van der Waals surface area contributed by atoms with Gasteiger partial charge in [-0.1, -0.05) is 52.4 Å². The van der Waals surface area contributed by atoms with Crippen LogP contribution in [0.2, 0.25) is 0 Å². The molecule has 6 atom stereocenters. The van der Waals surface area contributed by atoms with Crippen LogP contribution in [0.1, 0.15) is 78.1 Å². The molecule has 0 aromatic carbocycles. The molecule has 0 saturated heterocycles. The minimum absolute atomic E-state index is 0.440. The van der Waals surface area contributed by atoms with Crippen molar-refractivity contribution >= 4 is 0 Å². The fourth-order valence-corrected chi connectivity index (χ4v) is 6.09. The number of rotatable bonds is 4. The molecule has 0 N–H and O–H groups in total. The quantitative estimate of drug-likeness (QED) is 0.592. The van der Waals surface area contributed by atoms with E-state index in [0.29, 0.717) is 11.8 Å². The Balaban J connectivity index is 1.66. The molecule has 1 heteroatoms. The fraction of sp³-hybridized carbons (Fsp3) is 1.00. The number of hydrogen-bond acceptors (Lipinski definition) is 0. The molecule has 20 heavy (non-hydrogen) atoms. The van der Waals surface area contributed by atoms with Crippen LogP contribution < -0.4 is 0 Å². The maximum absolute atomic E-state index is 15.0. The van der Waals surface area contributed by atoms with Gasteiger partial charge in [0.25, 0.3) is 0 Å². The molecule has 0 amide bonds. The zero-order valence-corrected chi connectivity index (χ0v) is 13.5. The van der Waals surface area contributed by atoms with Gasteiger partial charge in [-0.2, -0.15) is 0 Å². The smallest absolute Gasteiger partial charge is 0.106 e. The molecule has 6 unspecified atom stereocenters.